The number of ether oxygens (including phenoxy) is 1. The minimum absolute atomic E-state index is 0.190. The van der Waals surface area contributed by atoms with E-state index in [9.17, 15) is 14.0 Å². The van der Waals surface area contributed by atoms with Gasteiger partial charge in [0.25, 0.3) is 11.8 Å². The first-order valence-corrected chi connectivity index (χ1v) is 11.3. The molecule has 2 amide bonds. The largest absolute Gasteiger partial charge is 0.381 e. The van der Waals surface area contributed by atoms with Gasteiger partial charge in [-0.1, -0.05) is 25.5 Å². The Morgan fingerprint density at radius 1 is 1.06 bits per heavy atom. The maximum atomic E-state index is 13.5. The molecule has 1 fully saturated rings. The second kappa shape index (κ2) is 10.9. The number of amides is 2. The normalized spacial score (nSPS) is 18.4. The number of benzene rings is 1. The van der Waals surface area contributed by atoms with E-state index in [1.54, 1.807) is 12.1 Å². The van der Waals surface area contributed by atoms with Gasteiger partial charge in [0.15, 0.2) is 0 Å². The van der Waals surface area contributed by atoms with Gasteiger partial charge < -0.3 is 14.5 Å². The summed E-state index contributed by atoms with van der Waals surface area (Å²) >= 11 is 0. The van der Waals surface area contributed by atoms with Crippen molar-refractivity contribution in [3.8, 4) is 0 Å². The van der Waals surface area contributed by atoms with Gasteiger partial charge in [-0.3, -0.25) is 14.5 Å². The molecule has 0 unspecified atom stereocenters. The first-order valence-electron chi connectivity index (χ1n) is 11.3. The van der Waals surface area contributed by atoms with Gasteiger partial charge in [-0.15, -0.1) is 0 Å². The number of imide groups is 1. The highest BCUT2D eigenvalue weighted by Gasteiger charge is 2.42. The molecule has 0 atom stereocenters. The molecule has 2 aliphatic rings. The molecule has 0 spiro atoms. The number of unbranched alkanes of at least 4 members (excludes halogenated alkanes) is 1. The molecule has 0 bridgehead atoms. The molecular weight excluding hydrogens is 397 g/mol. The predicted octanol–water partition coefficient (Wildman–Crippen LogP) is 3.14. The summed E-state index contributed by atoms with van der Waals surface area (Å²) in [4.78, 5) is 32.2. The fraction of sp³-hybridized carbons (Fsp3) is 0.583. The summed E-state index contributed by atoms with van der Waals surface area (Å²) in [6.07, 6.45) is 4.53. The van der Waals surface area contributed by atoms with E-state index in [1.165, 1.54) is 17.0 Å². The van der Waals surface area contributed by atoms with Crippen molar-refractivity contribution in [1.29, 1.82) is 0 Å². The van der Waals surface area contributed by atoms with Gasteiger partial charge >= 0.3 is 0 Å². The van der Waals surface area contributed by atoms with Gasteiger partial charge in [0.05, 0.1) is 5.57 Å². The van der Waals surface area contributed by atoms with Crippen LogP contribution in [0.15, 0.2) is 30.0 Å². The highest BCUT2D eigenvalue weighted by molar-refractivity contribution is 6.35. The summed E-state index contributed by atoms with van der Waals surface area (Å²) in [6.45, 7) is 5.55. The standard InChI is InChI=1S/C24H34FN3O3/c1-4-5-16-31-17-6-13-28-23(29)21(18-7-9-19(25)10-8-18)22(24(28)30)27(3)20-11-14-26(2)15-12-20/h7-10,20H,4-6,11-17H2,1-3H3. The molecule has 0 N–H and O–H groups in total. The van der Waals surface area contributed by atoms with Crippen LogP contribution in [-0.2, 0) is 14.3 Å². The van der Waals surface area contributed by atoms with Crippen molar-refractivity contribution in [2.75, 3.05) is 46.9 Å². The zero-order valence-electron chi connectivity index (χ0n) is 18.9. The number of carbonyl (C=O) groups excluding carboxylic acids is 2. The Balaban J connectivity index is 1.80. The molecule has 170 valence electrons. The summed E-state index contributed by atoms with van der Waals surface area (Å²) in [5, 5.41) is 0. The number of carbonyl (C=O) groups is 2. The fourth-order valence-corrected chi connectivity index (χ4v) is 4.21. The Morgan fingerprint density at radius 2 is 1.71 bits per heavy atom. The lowest BCUT2D eigenvalue weighted by Gasteiger charge is -2.36. The Bertz CT molecular complexity index is 801. The van der Waals surface area contributed by atoms with Crippen LogP contribution in [0.25, 0.3) is 5.57 Å². The van der Waals surface area contributed by atoms with Gasteiger partial charge in [-0.05, 0) is 63.5 Å². The van der Waals surface area contributed by atoms with Crippen LogP contribution in [0.5, 0.6) is 0 Å². The van der Waals surface area contributed by atoms with Gasteiger partial charge in [-0.25, -0.2) is 4.39 Å². The van der Waals surface area contributed by atoms with Gasteiger partial charge in [0, 0.05) is 32.8 Å². The van der Waals surface area contributed by atoms with E-state index in [0.717, 1.165) is 38.8 Å². The summed E-state index contributed by atoms with van der Waals surface area (Å²) in [5.74, 6) is -0.938. The predicted molar refractivity (Wildman–Crippen MR) is 119 cm³/mol. The first kappa shape index (κ1) is 23.4. The average Bonchev–Trinajstić information content (AvgIpc) is 3.01. The van der Waals surface area contributed by atoms with E-state index in [1.807, 2.05) is 11.9 Å². The molecule has 1 saturated heterocycles. The number of hydrogen-bond donors (Lipinski definition) is 0. The van der Waals surface area contributed by atoms with Gasteiger partial charge in [0.2, 0.25) is 0 Å². The zero-order chi connectivity index (χ0) is 22.4. The highest BCUT2D eigenvalue weighted by Crippen LogP contribution is 2.33. The summed E-state index contributed by atoms with van der Waals surface area (Å²) in [5.41, 5.74) is 1.38. The van der Waals surface area contributed by atoms with Gasteiger partial charge in [-0.2, -0.15) is 0 Å². The number of likely N-dealkylation sites (tertiary alicyclic amines) is 1. The third-order valence-electron chi connectivity index (χ3n) is 6.18. The van der Waals surface area contributed by atoms with Crippen LogP contribution < -0.4 is 0 Å². The average molecular weight is 432 g/mol. The second-order valence-electron chi connectivity index (χ2n) is 8.46. The monoisotopic (exact) mass is 431 g/mol. The van der Waals surface area contributed by atoms with E-state index in [2.05, 4.69) is 18.9 Å². The zero-order valence-corrected chi connectivity index (χ0v) is 18.9. The summed E-state index contributed by atoms with van der Waals surface area (Å²) in [7, 11) is 3.99. The topological polar surface area (TPSA) is 53.1 Å². The fourth-order valence-electron chi connectivity index (χ4n) is 4.21. The Morgan fingerprint density at radius 3 is 2.35 bits per heavy atom. The third-order valence-corrected chi connectivity index (χ3v) is 6.18. The number of piperidine rings is 1. The molecule has 1 aromatic rings. The number of rotatable bonds is 10. The van der Waals surface area contributed by atoms with Crippen LogP contribution in [0, 0.1) is 5.82 Å². The van der Waals surface area contributed by atoms with Crippen LogP contribution in [0.4, 0.5) is 4.39 Å². The van der Waals surface area contributed by atoms with E-state index in [-0.39, 0.29) is 23.7 Å². The molecule has 0 saturated carbocycles. The van der Waals surface area contributed by atoms with E-state index in [4.69, 9.17) is 4.74 Å². The SMILES string of the molecule is CCCCOCCCN1C(=O)C(c2ccc(F)cc2)=C(N(C)C2CCN(C)CC2)C1=O. The number of nitrogens with zero attached hydrogens (tertiary/aromatic N) is 3. The molecule has 1 aromatic carbocycles. The number of halogens is 1. The van der Waals surface area contributed by atoms with Gasteiger partial charge in [0.1, 0.15) is 11.5 Å². The lowest BCUT2D eigenvalue weighted by molar-refractivity contribution is -0.137. The molecule has 3 rings (SSSR count). The van der Waals surface area contributed by atoms with Crippen molar-refractivity contribution in [1.82, 2.24) is 14.7 Å². The third kappa shape index (κ3) is 5.52. The molecule has 6 nitrogen and oxygen atoms in total. The molecule has 0 aliphatic carbocycles. The van der Waals surface area contributed by atoms with E-state index in [0.29, 0.717) is 43.0 Å². The molecule has 0 aromatic heterocycles. The summed E-state index contributed by atoms with van der Waals surface area (Å²) < 4.78 is 19.1. The second-order valence-corrected chi connectivity index (χ2v) is 8.46. The Hall–Kier alpha value is -2.25. The van der Waals surface area contributed by atoms with Crippen LogP contribution in [-0.4, -0.2) is 79.5 Å². The molecule has 0 radical (unpaired) electrons. The summed E-state index contributed by atoms with van der Waals surface area (Å²) in [6, 6.07) is 6.01. The highest BCUT2D eigenvalue weighted by atomic mass is 19.1. The minimum atomic E-state index is -0.368. The van der Waals surface area contributed by atoms with E-state index >= 15 is 0 Å². The number of likely N-dealkylation sites (N-methyl/N-ethyl adjacent to an activating group) is 1. The minimum Gasteiger partial charge on any atom is -0.381 e. The van der Waals surface area contributed by atoms with Crippen LogP contribution in [0.1, 0.15) is 44.6 Å². The number of hydrogen-bond acceptors (Lipinski definition) is 5. The Kier molecular flexibility index (Phi) is 8.21. The van der Waals surface area contributed by atoms with Crippen molar-refractivity contribution in [3.63, 3.8) is 0 Å². The van der Waals surface area contributed by atoms with Crippen LogP contribution >= 0.6 is 0 Å². The lowest BCUT2D eigenvalue weighted by Crippen LogP contribution is -2.43. The first-order chi connectivity index (χ1) is 14.9. The van der Waals surface area contributed by atoms with Crippen molar-refractivity contribution >= 4 is 17.4 Å². The van der Waals surface area contributed by atoms with Crippen LogP contribution in [0.2, 0.25) is 0 Å². The Labute approximate surface area is 184 Å². The van der Waals surface area contributed by atoms with Crippen molar-refractivity contribution in [3.05, 3.63) is 41.3 Å². The smallest absolute Gasteiger partial charge is 0.277 e. The quantitative estimate of drug-likeness (QED) is 0.421. The molecular formula is C24H34FN3O3. The van der Waals surface area contributed by atoms with E-state index < -0.39 is 0 Å². The molecule has 2 aliphatic heterocycles. The maximum Gasteiger partial charge on any atom is 0.277 e. The maximum absolute atomic E-state index is 13.5. The lowest BCUT2D eigenvalue weighted by atomic mass is 10.00. The molecule has 7 heteroatoms. The van der Waals surface area contributed by atoms with Crippen molar-refractivity contribution < 1.29 is 18.7 Å². The van der Waals surface area contributed by atoms with Crippen molar-refractivity contribution in [2.45, 2.75) is 45.1 Å². The molecule has 2 heterocycles. The van der Waals surface area contributed by atoms with Crippen molar-refractivity contribution in [2.24, 2.45) is 0 Å². The molecule has 31 heavy (non-hydrogen) atoms. The van der Waals surface area contributed by atoms with Crippen LogP contribution in [0.3, 0.4) is 0 Å².